The van der Waals surface area contributed by atoms with Crippen LogP contribution in [-0.4, -0.2) is 31.2 Å². The van der Waals surface area contributed by atoms with Crippen molar-refractivity contribution in [2.45, 2.75) is 26.7 Å². The molecule has 0 unspecified atom stereocenters. The van der Waals surface area contributed by atoms with E-state index in [-0.39, 0.29) is 0 Å². The van der Waals surface area contributed by atoms with Gasteiger partial charge in [0.15, 0.2) is 5.82 Å². The van der Waals surface area contributed by atoms with E-state index in [0.29, 0.717) is 23.7 Å². The summed E-state index contributed by atoms with van der Waals surface area (Å²) in [5.41, 5.74) is 6.75. The predicted octanol–water partition coefficient (Wildman–Crippen LogP) is 2.08. The quantitative estimate of drug-likeness (QED) is 0.784. The molecule has 0 aliphatic heterocycles. The molecule has 0 aliphatic rings. The number of hydrogen-bond acceptors (Lipinski definition) is 5. The highest BCUT2D eigenvalue weighted by Crippen LogP contribution is 2.23. The summed E-state index contributed by atoms with van der Waals surface area (Å²) in [4.78, 5) is 17.9. The van der Waals surface area contributed by atoms with Crippen molar-refractivity contribution in [1.82, 2.24) is 4.98 Å². The van der Waals surface area contributed by atoms with Gasteiger partial charge in [-0.1, -0.05) is 13.3 Å². The number of anilines is 2. The fourth-order valence-electron chi connectivity index (χ4n) is 1.65. The molecule has 0 aromatic carbocycles. The molecule has 0 saturated heterocycles. The molecule has 1 aromatic heterocycles. The Kier molecular flexibility index (Phi) is 5.42. The van der Waals surface area contributed by atoms with Gasteiger partial charge >= 0.3 is 5.97 Å². The van der Waals surface area contributed by atoms with Crippen LogP contribution in [0.25, 0.3) is 0 Å². The van der Waals surface area contributed by atoms with Crippen LogP contribution >= 0.6 is 0 Å². The summed E-state index contributed by atoms with van der Waals surface area (Å²) in [6.45, 7) is 5.09. The second-order valence-electron chi connectivity index (χ2n) is 4.09. The number of carbonyl (C=O) groups excluding carboxylic acids is 1. The first-order valence-electron chi connectivity index (χ1n) is 6.24. The van der Waals surface area contributed by atoms with E-state index in [1.54, 1.807) is 19.2 Å². The first kappa shape index (κ1) is 14.3. The van der Waals surface area contributed by atoms with Crippen LogP contribution in [-0.2, 0) is 4.74 Å². The highest BCUT2D eigenvalue weighted by Gasteiger charge is 2.16. The van der Waals surface area contributed by atoms with Crippen LogP contribution in [0.3, 0.4) is 0 Å². The van der Waals surface area contributed by atoms with Gasteiger partial charge in [-0.15, -0.1) is 0 Å². The third kappa shape index (κ3) is 3.35. The van der Waals surface area contributed by atoms with Crippen molar-refractivity contribution in [3.63, 3.8) is 0 Å². The Morgan fingerprint density at radius 1 is 1.50 bits per heavy atom. The van der Waals surface area contributed by atoms with Crippen molar-refractivity contribution in [1.29, 1.82) is 0 Å². The SMILES string of the molecule is CCCCN(C)c1nccc(C(=O)OCC)c1N. The number of aromatic nitrogens is 1. The van der Waals surface area contributed by atoms with E-state index in [0.717, 1.165) is 19.4 Å². The van der Waals surface area contributed by atoms with Crippen LogP contribution in [0.4, 0.5) is 11.5 Å². The average Bonchev–Trinajstić information content (AvgIpc) is 2.36. The summed E-state index contributed by atoms with van der Waals surface area (Å²) in [6, 6.07) is 1.59. The zero-order chi connectivity index (χ0) is 13.5. The van der Waals surface area contributed by atoms with E-state index in [4.69, 9.17) is 10.5 Å². The molecule has 0 radical (unpaired) electrons. The van der Waals surface area contributed by atoms with E-state index < -0.39 is 5.97 Å². The molecule has 0 saturated carbocycles. The van der Waals surface area contributed by atoms with Gasteiger partial charge in [-0.3, -0.25) is 0 Å². The molecule has 5 heteroatoms. The normalized spacial score (nSPS) is 10.2. The molecule has 0 atom stereocenters. The summed E-state index contributed by atoms with van der Waals surface area (Å²) in [7, 11) is 1.92. The number of esters is 1. The van der Waals surface area contributed by atoms with Gasteiger partial charge in [0.25, 0.3) is 0 Å². The third-order valence-corrected chi connectivity index (χ3v) is 2.67. The minimum absolute atomic E-state index is 0.335. The number of pyridine rings is 1. The fraction of sp³-hybridized carbons (Fsp3) is 0.538. The number of rotatable bonds is 6. The maximum Gasteiger partial charge on any atom is 0.340 e. The number of unbranched alkanes of at least 4 members (excludes halogenated alkanes) is 1. The van der Waals surface area contributed by atoms with Gasteiger partial charge in [0.05, 0.1) is 17.9 Å². The molecule has 0 aliphatic carbocycles. The molecular weight excluding hydrogens is 230 g/mol. The van der Waals surface area contributed by atoms with E-state index in [2.05, 4.69) is 11.9 Å². The summed E-state index contributed by atoms with van der Waals surface area (Å²) in [5, 5.41) is 0. The van der Waals surface area contributed by atoms with Crippen molar-refractivity contribution in [2.75, 3.05) is 30.8 Å². The molecule has 1 rings (SSSR count). The molecule has 0 spiro atoms. The van der Waals surface area contributed by atoms with Crippen LogP contribution in [0.2, 0.25) is 0 Å². The number of nitrogen functional groups attached to an aromatic ring is 1. The lowest BCUT2D eigenvalue weighted by molar-refractivity contribution is 0.0527. The Labute approximate surface area is 108 Å². The van der Waals surface area contributed by atoms with Crippen LogP contribution in [0.1, 0.15) is 37.0 Å². The first-order chi connectivity index (χ1) is 8.61. The Morgan fingerprint density at radius 2 is 2.22 bits per heavy atom. The van der Waals surface area contributed by atoms with Gasteiger partial charge in [0, 0.05) is 19.8 Å². The maximum atomic E-state index is 11.7. The van der Waals surface area contributed by atoms with Crippen molar-refractivity contribution < 1.29 is 9.53 Å². The summed E-state index contributed by atoms with van der Waals surface area (Å²) in [6.07, 6.45) is 3.74. The Bertz CT molecular complexity index is 407. The Balaban J connectivity index is 2.94. The van der Waals surface area contributed by atoms with E-state index >= 15 is 0 Å². The van der Waals surface area contributed by atoms with Crippen molar-refractivity contribution >= 4 is 17.5 Å². The van der Waals surface area contributed by atoms with Crippen LogP contribution in [0.5, 0.6) is 0 Å². The molecule has 0 bridgehead atoms. The average molecular weight is 251 g/mol. The van der Waals surface area contributed by atoms with Gasteiger partial charge < -0.3 is 15.4 Å². The molecular formula is C13H21N3O2. The second-order valence-corrected chi connectivity index (χ2v) is 4.09. The molecule has 1 aromatic rings. The van der Waals surface area contributed by atoms with Crippen LogP contribution < -0.4 is 10.6 Å². The monoisotopic (exact) mass is 251 g/mol. The molecule has 2 N–H and O–H groups in total. The highest BCUT2D eigenvalue weighted by molar-refractivity contribution is 5.97. The van der Waals surface area contributed by atoms with Crippen LogP contribution in [0.15, 0.2) is 12.3 Å². The molecule has 18 heavy (non-hydrogen) atoms. The largest absolute Gasteiger partial charge is 0.462 e. The maximum absolute atomic E-state index is 11.7. The van der Waals surface area contributed by atoms with Gasteiger partial charge in [-0.2, -0.15) is 0 Å². The van der Waals surface area contributed by atoms with Crippen molar-refractivity contribution in [3.05, 3.63) is 17.8 Å². The first-order valence-corrected chi connectivity index (χ1v) is 6.24. The minimum atomic E-state index is -0.400. The number of nitrogens with zero attached hydrogens (tertiary/aromatic N) is 2. The van der Waals surface area contributed by atoms with Gasteiger partial charge in [-0.25, -0.2) is 9.78 Å². The molecule has 1 heterocycles. The molecule has 0 amide bonds. The lowest BCUT2D eigenvalue weighted by Crippen LogP contribution is -2.22. The highest BCUT2D eigenvalue weighted by atomic mass is 16.5. The second kappa shape index (κ2) is 6.83. The predicted molar refractivity (Wildman–Crippen MR) is 72.8 cm³/mol. The number of carbonyl (C=O) groups is 1. The molecule has 100 valence electrons. The molecule has 5 nitrogen and oxygen atoms in total. The van der Waals surface area contributed by atoms with Gasteiger partial charge in [0.1, 0.15) is 0 Å². The van der Waals surface area contributed by atoms with Crippen molar-refractivity contribution in [3.8, 4) is 0 Å². The van der Waals surface area contributed by atoms with Crippen LogP contribution in [0, 0.1) is 0 Å². The minimum Gasteiger partial charge on any atom is -0.462 e. The summed E-state index contributed by atoms with van der Waals surface area (Å²) in [5.74, 6) is 0.233. The molecule has 0 fully saturated rings. The van der Waals surface area contributed by atoms with Gasteiger partial charge in [0.2, 0.25) is 0 Å². The van der Waals surface area contributed by atoms with Gasteiger partial charge in [-0.05, 0) is 19.4 Å². The smallest absolute Gasteiger partial charge is 0.340 e. The zero-order valence-electron chi connectivity index (χ0n) is 11.3. The zero-order valence-corrected chi connectivity index (χ0v) is 11.3. The Morgan fingerprint density at radius 3 is 2.83 bits per heavy atom. The van der Waals surface area contributed by atoms with E-state index in [1.165, 1.54) is 0 Å². The summed E-state index contributed by atoms with van der Waals surface area (Å²) < 4.78 is 4.96. The number of hydrogen-bond donors (Lipinski definition) is 1. The standard InChI is InChI=1S/C13H21N3O2/c1-4-6-9-16(3)12-11(14)10(7-8-15-12)13(17)18-5-2/h7-8H,4-6,9,14H2,1-3H3. The Hall–Kier alpha value is -1.78. The van der Waals surface area contributed by atoms with Crippen molar-refractivity contribution in [2.24, 2.45) is 0 Å². The summed E-state index contributed by atoms with van der Waals surface area (Å²) >= 11 is 0. The van der Waals surface area contributed by atoms with E-state index in [1.807, 2.05) is 11.9 Å². The lowest BCUT2D eigenvalue weighted by atomic mass is 10.2. The number of ether oxygens (including phenoxy) is 1. The third-order valence-electron chi connectivity index (χ3n) is 2.67. The van der Waals surface area contributed by atoms with E-state index in [9.17, 15) is 4.79 Å². The lowest BCUT2D eigenvalue weighted by Gasteiger charge is -2.20. The fourth-order valence-corrected chi connectivity index (χ4v) is 1.65. The number of nitrogens with two attached hydrogens (primary N) is 1. The topological polar surface area (TPSA) is 68.5 Å².